The van der Waals surface area contributed by atoms with E-state index >= 15 is 0 Å². The molecule has 9 nitrogen and oxygen atoms in total. The lowest BCUT2D eigenvalue weighted by Crippen LogP contribution is -2.06. The SMILES string of the molecule is COc1ccc(CNc2nnc(-n3ccnc3)c3ccc([N+](=O)[O-])cc23)cc1Cl. The molecule has 0 saturated carbocycles. The van der Waals surface area contributed by atoms with Crippen LogP contribution in [0.4, 0.5) is 11.5 Å². The highest BCUT2D eigenvalue weighted by Gasteiger charge is 2.15. The minimum Gasteiger partial charge on any atom is -0.495 e. The van der Waals surface area contributed by atoms with Gasteiger partial charge in [-0.1, -0.05) is 17.7 Å². The highest BCUT2D eigenvalue weighted by Crippen LogP contribution is 2.30. The number of anilines is 1. The van der Waals surface area contributed by atoms with Crippen molar-refractivity contribution in [1.82, 2.24) is 19.7 Å². The fraction of sp³-hybridized carbons (Fsp3) is 0.105. The van der Waals surface area contributed by atoms with Crippen molar-refractivity contribution in [3.8, 4) is 11.6 Å². The molecule has 29 heavy (non-hydrogen) atoms. The normalized spacial score (nSPS) is 10.8. The summed E-state index contributed by atoms with van der Waals surface area (Å²) in [4.78, 5) is 14.8. The molecule has 0 unspecified atom stereocenters. The van der Waals surface area contributed by atoms with Crippen LogP contribution in [-0.2, 0) is 6.54 Å². The largest absolute Gasteiger partial charge is 0.495 e. The quantitative estimate of drug-likeness (QED) is 0.378. The molecule has 146 valence electrons. The van der Waals surface area contributed by atoms with Crippen molar-refractivity contribution in [3.05, 3.63) is 75.8 Å². The molecule has 4 aromatic rings. The molecule has 0 bridgehead atoms. The number of benzene rings is 2. The van der Waals surface area contributed by atoms with Gasteiger partial charge in [0, 0.05) is 41.8 Å². The van der Waals surface area contributed by atoms with Crippen LogP contribution in [0.2, 0.25) is 5.02 Å². The highest BCUT2D eigenvalue weighted by molar-refractivity contribution is 6.32. The minimum absolute atomic E-state index is 0.0300. The van der Waals surface area contributed by atoms with E-state index in [0.29, 0.717) is 39.7 Å². The lowest BCUT2D eigenvalue weighted by Gasteiger charge is -2.12. The summed E-state index contributed by atoms with van der Waals surface area (Å²) in [5.41, 5.74) is 0.868. The van der Waals surface area contributed by atoms with Gasteiger partial charge in [-0.2, -0.15) is 0 Å². The number of methoxy groups -OCH3 is 1. The number of aromatic nitrogens is 4. The smallest absolute Gasteiger partial charge is 0.270 e. The van der Waals surface area contributed by atoms with Crippen LogP contribution in [0, 0.1) is 10.1 Å². The van der Waals surface area contributed by atoms with Gasteiger partial charge in [-0.25, -0.2) is 4.98 Å². The van der Waals surface area contributed by atoms with E-state index in [4.69, 9.17) is 16.3 Å². The van der Waals surface area contributed by atoms with Crippen molar-refractivity contribution >= 4 is 33.9 Å². The number of hydrogen-bond acceptors (Lipinski definition) is 7. The third-order valence-corrected chi connectivity index (χ3v) is 4.68. The molecule has 0 saturated heterocycles. The fourth-order valence-electron chi connectivity index (χ4n) is 2.95. The number of nitro benzene ring substituents is 1. The minimum atomic E-state index is -0.441. The van der Waals surface area contributed by atoms with E-state index in [9.17, 15) is 10.1 Å². The Kier molecular flexibility index (Phi) is 4.96. The first-order valence-corrected chi connectivity index (χ1v) is 8.94. The van der Waals surface area contributed by atoms with Crippen LogP contribution >= 0.6 is 11.6 Å². The molecule has 0 aliphatic rings. The molecule has 2 aromatic carbocycles. The Morgan fingerprint density at radius 1 is 1.21 bits per heavy atom. The van der Waals surface area contributed by atoms with Gasteiger partial charge in [0.15, 0.2) is 11.6 Å². The van der Waals surface area contributed by atoms with E-state index in [2.05, 4.69) is 20.5 Å². The van der Waals surface area contributed by atoms with Crippen molar-refractivity contribution in [2.75, 3.05) is 12.4 Å². The monoisotopic (exact) mass is 410 g/mol. The van der Waals surface area contributed by atoms with Crippen LogP contribution in [-0.4, -0.2) is 31.8 Å². The van der Waals surface area contributed by atoms with Crippen molar-refractivity contribution < 1.29 is 9.66 Å². The standard InChI is InChI=1S/C19H15ClN6O3/c1-29-17-5-2-12(8-16(17)20)10-22-18-15-9-13(26(27)28)3-4-14(15)19(24-23-18)25-7-6-21-11-25/h2-9,11H,10H2,1H3,(H,22,23). The summed E-state index contributed by atoms with van der Waals surface area (Å²) in [7, 11) is 1.55. The molecule has 0 spiro atoms. The van der Waals surface area contributed by atoms with Gasteiger partial charge >= 0.3 is 0 Å². The molecule has 0 radical (unpaired) electrons. The number of ether oxygens (including phenoxy) is 1. The summed E-state index contributed by atoms with van der Waals surface area (Å²) in [5, 5.41) is 24.7. The lowest BCUT2D eigenvalue weighted by molar-refractivity contribution is -0.384. The summed E-state index contributed by atoms with van der Waals surface area (Å²) >= 11 is 6.18. The Labute approximate surface area is 170 Å². The summed E-state index contributed by atoms with van der Waals surface area (Å²) in [6.45, 7) is 0.403. The van der Waals surface area contributed by atoms with E-state index in [-0.39, 0.29) is 5.69 Å². The van der Waals surface area contributed by atoms with Gasteiger partial charge in [0.25, 0.3) is 5.69 Å². The predicted molar refractivity (Wildman–Crippen MR) is 109 cm³/mol. The number of imidazole rings is 1. The molecule has 0 amide bonds. The van der Waals surface area contributed by atoms with E-state index in [1.165, 1.54) is 12.1 Å². The predicted octanol–water partition coefficient (Wildman–Crippen LogP) is 4.00. The average Bonchev–Trinajstić information content (AvgIpc) is 3.26. The molecule has 10 heteroatoms. The van der Waals surface area contributed by atoms with Crippen molar-refractivity contribution in [2.24, 2.45) is 0 Å². The number of nitrogens with zero attached hydrogens (tertiary/aromatic N) is 5. The number of fused-ring (bicyclic) bond motifs is 1. The van der Waals surface area contributed by atoms with Gasteiger partial charge in [-0.05, 0) is 23.8 Å². The summed E-state index contributed by atoms with van der Waals surface area (Å²) in [6, 6.07) is 10.0. The van der Waals surface area contributed by atoms with Gasteiger partial charge in [0.2, 0.25) is 0 Å². The van der Waals surface area contributed by atoms with Gasteiger partial charge in [-0.15, -0.1) is 10.2 Å². The first kappa shape index (κ1) is 18.6. The van der Waals surface area contributed by atoms with Crippen LogP contribution in [0.5, 0.6) is 5.75 Å². The van der Waals surface area contributed by atoms with E-state index in [1.807, 2.05) is 6.07 Å². The molecule has 0 fully saturated rings. The number of nitrogens with one attached hydrogen (secondary N) is 1. The Hall–Kier alpha value is -3.72. The van der Waals surface area contributed by atoms with Crippen LogP contribution in [0.25, 0.3) is 16.6 Å². The Bertz CT molecular complexity index is 1200. The lowest BCUT2D eigenvalue weighted by atomic mass is 10.1. The van der Waals surface area contributed by atoms with Crippen LogP contribution in [0.15, 0.2) is 55.1 Å². The van der Waals surface area contributed by atoms with E-state index in [0.717, 1.165) is 5.56 Å². The Balaban J connectivity index is 1.73. The third kappa shape index (κ3) is 3.67. The third-order valence-electron chi connectivity index (χ3n) is 4.38. The molecule has 1 N–H and O–H groups in total. The van der Waals surface area contributed by atoms with Crippen molar-refractivity contribution in [3.63, 3.8) is 0 Å². The van der Waals surface area contributed by atoms with Gasteiger partial charge < -0.3 is 10.1 Å². The average molecular weight is 411 g/mol. The van der Waals surface area contributed by atoms with Crippen molar-refractivity contribution in [2.45, 2.75) is 6.54 Å². The van der Waals surface area contributed by atoms with Crippen LogP contribution < -0.4 is 10.1 Å². The number of non-ortho nitro benzene ring substituents is 1. The fourth-order valence-corrected chi connectivity index (χ4v) is 3.23. The topological polar surface area (TPSA) is 108 Å². The molecule has 2 aromatic heterocycles. The maximum absolute atomic E-state index is 11.3. The number of rotatable bonds is 6. The maximum atomic E-state index is 11.3. The first-order chi connectivity index (χ1) is 14.1. The highest BCUT2D eigenvalue weighted by atomic mass is 35.5. The molecule has 0 atom stereocenters. The number of halogens is 1. The van der Waals surface area contributed by atoms with Crippen LogP contribution in [0.3, 0.4) is 0 Å². The van der Waals surface area contributed by atoms with Crippen LogP contribution in [0.1, 0.15) is 5.56 Å². The molecule has 2 heterocycles. The summed E-state index contributed by atoms with van der Waals surface area (Å²) in [6.07, 6.45) is 4.95. The summed E-state index contributed by atoms with van der Waals surface area (Å²) in [5.74, 6) is 1.55. The van der Waals surface area contributed by atoms with Crippen molar-refractivity contribution in [1.29, 1.82) is 0 Å². The molecular weight excluding hydrogens is 396 g/mol. The molecule has 0 aliphatic carbocycles. The first-order valence-electron chi connectivity index (χ1n) is 8.56. The zero-order valence-electron chi connectivity index (χ0n) is 15.2. The van der Waals surface area contributed by atoms with E-state index in [1.54, 1.807) is 48.6 Å². The molecular formula is C19H15ClN6O3. The molecule has 4 rings (SSSR count). The molecule has 0 aliphatic heterocycles. The number of nitro groups is 1. The van der Waals surface area contributed by atoms with E-state index < -0.39 is 4.92 Å². The van der Waals surface area contributed by atoms with Gasteiger partial charge in [-0.3, -0.25) is 14.7 Å². The van der Waals surface area contributed by atoms with Gasteiger partial charge in [0.05, 0.1) is 17.1 Å². The second-order valence-corrected chi connectivity index (χ2v) is 6.56. The second kappa shape index (κ2) is 7.72. The Morgan fingerprint density at radius 2 is 2.07 bits per heavy atom. The number of hydrogen-bond donors (Lipinski definition) is 1. The zero-order valence-corrected chi connectivity index (χ0v) is 16.0. The Morgan fingerprint density at radius 3 is 2.76 bits per heavy atom. The summed E-state index contributed by atoms with van der Waals surface area (Å²) < 4.78 is 6.86. The van der Waals surface area contributed by atoms with Gasteiger partial charge in [0.1, 0.15) is 12.1 Å². The zero-order chi connectivity index (χ0) is 20.4. The second-order valence-electron chi connectivity index (χ2n) is 6.15. The maximum Gasteiger partial charge on any atom is 0.270 e.